The Morgan fingerprint density at radius 1 is 0.955 bits per heavy atom. The van der Waals surface area contributed by atoms with Gasteiger partial charge in [0.2, 0.25) is 5.91 Å². The fourth-order valence-corrected chi connectivity index (χ4v) is 1.89. The summed E-state index contributed by atoms with van der Waals surface area (Å²) < 4.78 is 39.2. The highest BCUT2D eigenvalue weighted by atomic mass is 19.2. The van der Waals surface area contributed by atoms with E-state index in [4.69, 9.17) is 0 Å². The lowest BCUT2D eigenvalue weighted by Crippen LogP contribution is -2.31. The number of carbonyl (C=O) groups is 1. The van der Waals surface area contributed by atoms with Crippen molar-refractivity contribution in [2.45, 2.75) is 6.42 Å². The highest BCUT2D eigenvalue weighted by molar-refractivity contribution is 5.80. The van der Waals surface area contributed by atoms with Crippen LogP contribution >= 0.6 is 0 Å². The van der Waals surface area contributed by atoms with E-state index in [0.717, 1.165) is 17.7 Å². The van der Waals surface area contributed by atoms with Crippen LogP contribution in [0, 0.1) is 17.5 Å². The standard InChI is InChI=1S/C16H15F3N2O/c17-12-6-7-13(16(19)15(12)18)21-10-14(22)20-9-8-11-4-2-1-3-5-11/h1-7,21H,8-10H2,(H,20,22). The number of rotatable bonds is 6. The number of carbonyl (C=O) groups excluding carboxylic acids is 1. The maximum Gasteiger partial charge on any atom is 0.239 e. The molecule has 3 nitrogen and oxygen atoms in total. The van der Waals surface area contributed by atoms with Gasteiger partial charge in [0, 0.05) is 6.54 Å². The number of hydrogen-bond donors (Lipinski definition) is 2. The minimum Gasteiger partial charge on any atom is -0.374 e. The molecule has 2 rings (SSSR count). The SMILES string of the molecule is O=C(CNc1ccc(F)c(F)c1F)NCCc1ccccc1. The van der Waals surface area contributed by atoms with Crippen LogP contribution in [0.2, 0.25) is 0 Å². The first-order valence-electron chi connectivity index (χ1n) is 6.76. The van der Waals surface area contributed by atoms with Crippen LogP contribution < -0.4 is 10.6 Å². The van der Waals surface area contributed by atoms with Gasteiger partial charge in [0.25, 0.3) is 0 Å². The van der Waals surface area contributed by atoms with Gasteiger partial charge < -0.3 is 10.6 Å². The second-order valence-corrected chi connectivity index (χ2v) is 4.66. The number of halogens is 3. The average molecular weight is 308 g/mol. The number of amides is 1. The number of nitrogens with one attached hydrogen (secondary N) is 2. The molecule has 2 aromatic carbocycles. The van der Waals surface area contributed by atoms with Crippen LogP contribution in [0.25, 0.3) is 0 Å². The molecule has 0 unspecified atom stereocenters. The molecule has 0 heterocycles. The summed E-state index contributed by atoms with van der Waals surface area (Å²) in [7, 11) is 0. The van der Waals surface area contributed by atoms with E-state index in [9.17, 15) is 18.0 Å². The summed E-state index contributed by atoms with van der Waals surface area (Å²) in [5.74, 6) is -4.53. The highest BCUT2D eigenvalue weighted by Gasteiger charge is 2.13. The summed E-state index contributed by atoms with van der Waals surface area (Å²) in [6.45, 7) is 0.210. The Kier molecular flexibility index (Phi) is 5.41. The van der Waals surface area contributed by atoms with E-state index in [1.165, 1.54) is 0 Å². The Morgan fingerprint density at radius 2 is 1.68 bits per heavy atom. The maximum absolute atomic E-state index is 13.4. The van der Waals surface area contributed by atoms with Crippen molar-refractivity contribution >= 4 is 11.6 Å². The monoisotopic (exact) mass is 308 g/mol. The summed E-state index contributed by atoms with van der Waals surface area (Å²) in [4.78, 5) is 11.6. The molecule has 0 aliphatic heterocycles. The normalized spacial score (nSPS) is 10.3. The second kappa shape index (κ2) is 7.49. The Hall–Kier alpha value is -2.50. The van der Waals surface area contributed by atoms with Crippen molar-refractivity contribution in [3.05, 3.63) is 65.5 Å². The van der Waals surface area contributed by atoms with Crippen molar-refractivity contribution in [1.82, 2.24) is 5.32 Å². The summed E-state index contributed by atoms with van der Waals surface area (Å²) in [5, 5.41) is 5.09. The Labute approximate surface area is 126 Å². The van der Waals surface area contributed by atoms with Crippen molar-refractivity contribution in [3.63, 3.8) is 0 Å². The van der Waals surface area contributed by atoms with Gasteiger partial charge in [0.15, 0.2) is 17.5 Å². The number of anilines is 1. The molecular formula is C16H15F3N2O. The number of benzene rings is 2. The Balaban J connectivity index is 1.77. The average Bonchev–Trinajstić information content (AvgIpc) is 2.53. The van der Waals surface area contributed by atoms with Crippen molar-refractivity contribution in [1.29, 1.82) is 0 Å². The molecule has 0 atom stereocenters. The van der Waals surface area contributed by atoms with Crippen molar-refractivity contribution in [3.8, 4) is 0 Å². The van der Waals surface area contributed by atoms with E-state index in [1.54, 1.807) is 0 Å². The van der Waals surface area contributed by atoms with Crippen molar-refractivity contribution in [2.24, 2.45) is 0 Å². The second-order valence-electron chi connectivity index (χ2n) is 4.66. The molecule has 0 saturated heterocycles. The zero-order valence-electron chi connectivity index (χ0n) is 11.7. The van der Waals surface area contributed by atoms with E-state index >= 15 is 0 Å². The van der Waals surface area contributed by atoms with E-state index in [2.05, 4.69) is 10.6 Å². The molecule has 22 heavy (non-hydrogen) atoms. The Bertz CT molecular complexity index is 647. The van der Waals surface area contributed by atoms with Gasteiger partial charge in [-0.15, -0.1) is 0 Å². The van der Waals surface area contributed by atoms with E-state index in [0.29, 0.717) is 13.0 Å². The maximum atomic E-state index is 13.4. The van der Waals surface area contributed by atoms with Crippen LogP contribution in [-0.4, -0.2) is 19.0 Å². The first kappa shape index (κ1) is 15.9. The lowest BCUT2D eigenvalue weighted by Gasteiger charge is -2.09. The van der Waals surface area contributed by atoms with Gasteiger partial charge in [-0.2, -0.15) is 0 Å². The van der Waals surface area contributed by atoms with Gasteiger partial charge in [-0.05, 0) is 24.1 Å². The van der Waals surface area contributed by atoms with Crippen LogP contribution in [-0.2, 0) is 11.2 Å². The fourth-order valence-electron chi connectivity index (χ4n) is 1.89. The molecule has 0 fully saturated rings. The molecule has 0 aliphatic carbocycles. The lowest BCUT2D eigenvalue weighted by molar-refractivity contribution is -0.119. The predicted molar refractivity (Wildman–Crippen MR) is 78.0 cm³/mol. The van der Waals surface area contributed by atoms with Crippen molar-refractivity contribution in [2.75, 3.05) is 18.4 Å². The Morgan fingerprint density at radius 3 is 2.41 bits per heavy atom. The zero-order valence-corrected chi connectivity index (χ0v) is 11.7. The predicted octanol–water partition coefficient (Wildman–Crippen LogP) is 2.87. The van der Waals surface area contributed by atoms with Gasteiger partial charge in [-0.1, -0.05) is 30.3 Å². The molecule has 0 bridgehead atoms. The topological polar surface area (TPSA) is 41.1 Å². The molecule has 2 aromatic rings. The minimum atomic E-state index is -1.56. The summed E-state index contributed by atoms with van der Waals surface area (Å²) >= 11 is 0. The summed E-state index contributed by atoms with van der Waals surface area (Å²) in [6, 6.07) is 11.5. The smallest absolute Gasteiger partial charge is 0.239 e. The van der Waals surface area contributed by atoms with Gasteiger partial charge in [0.05, 0.1) is 12.2 Å². The highest BCUT2D eigenvalue weighted by Crippen LogP contribution is 2.19. The molecule has 0 aromatic heterocycles. The fraction of sp³-hybridized carbons (Fsp3) is 0.188. The molecule has 2 N–H and O–H groups in total. The van der Waals surface area contributed by atoms with Crippen LogP contribution in [0.3, 0.4) is 0 Å². The third-order valence-corrected chi connectivity index (χ3v) is 3.05. The molecule has 0 spiro atoms. The van der Waals surface area contributed by atoms with Gasteiger partial charge in [-0.25, -0.2) is 13.2 Å². The van der Waals surface area contributed by atoms with E-state index < -0.39 is 17.5 Å². The van der Waals surface area contributed by atoms with Crippen molar-refractivity contribution < 1.29 is 18.0 Å². The summed E-state index contributed by atoms with van der Waals surface area (Å²) in [6.07, 6.45) is 0.673. The molecule has 0 saturated carbocycles. The van der Waals surface area contributed by atoms with E-state index in [-0.39, 0.29) is 18.1 Å². The molecule has 6 heteroatoms. The number of hydrogen-bond acceptors (Lipinski definition) is 2. The van der Waals surface area contributed by atoms with E-state index in [1.807, 2.05) is 30.3 Å². The lowest BCUT2D eigenvalue weighted by atomic mass is 10.1. The minimum absolute atomic E-state index is 0.225. The quantitative estimate of drug-likeness (QED) is 0.806. The van der Waals surface area contributed by atoms with Crippen LogP contribution in [0.4, 0.5) is 18.9 Å². The largest absolute Gasteiger partial charge is 0.374 e. The molecule has 1 amide bonds. The molecule has 0 aliphatic rings. The third kappa shape index (κ3) is 4.25. The van der Waals surface area contributed by atoms with Crippen LogP contribution in [0.15, 0.2) is 42.5 Å². The van der Waals surface area contributed by atoms with Crippen LogP contribution in [0.1, 0.15) is 5.56 Å². The van der Waals surface area contributed by atoms with Gasteiger partial charge in [0.1, 0.15) is 0 Å². The molecule has 0 radical (unpaired) electrons. The summed E-state index contributed by atoms with van der Waals surface area (Å²) in [5.41, 5.74) is 0.833. The zero-order chi connectivity index (χ0) is 15.9. The first-order chi connectivity index (χ1) is 10.6. The van der Waals surface area contributed by atoms with Gasteiger partial charge >= 0.3 is 0 Å². The van der Waals surface area contributed by atoms with Gasteiger partial charge in [-0.3, -0.25) is 4.79 Å². The van der Waals surface area contributed by atoms with Crippen LogP contribution in [0.5, 0.6) is 0 Å². The molecule has 116 valence electrons. The molecular weight excluding hydrogens is 293 g/mol. The first-order valence-corrected chi connectivity index (χ1v) is 6.76. The third-order valence-electron chi connectivity index (χ3n) is 3.05.